The van der Waals surface area contributed by atoms with Gasteiger partial charge in [-0.15, -0.1) is 0 Å². The summed E-state index contributed by atoms with van der Waals surface area (Å²) in [7, 11) is 0. The van der Waals surface area contributed by atoms with Gasteiger partial charge in [0.25, 0.3) is 0 Å². The zero-order valence-corrected chi connectivity index (χ0v) is 16.2. The van der Waals surface area contributed by atoms with E-state index in [0.29, 0.717) is 25.9 Å². The molecule has 0 spiro atoms. The highest BCUT2D eigenvalue weighted by Gasteiger charge is 2.44. The summed E-state index contributed by atoms with van der Waals surface area (Å²) in [5, 5.41) is 14.6. The van der Waals surface area contributed by atoms with Crippen molar-refractivity contribution in [3.05, 3.63) is 41.6 Å². The monoisotopic (exact) mass is 359 g/mol. The van der Waals surface area contributed by atoms with Gasteiger partial charge < -0.3 is 9.52 Å². The molecule has 3 rings (SSSR count). The summed E-state index contributed by atoms with van der Waals surface area (Å²) < 4.78 is 7.46. The Morgan fingerprint density at radius 3 is 2.38 bits per heavy atom. The molecule has 2 aromatic rings. The number of aromatic nitrogens is 2. The van der Waals surface area contributed by atoms with E-state index in [-0.39, 0.29) is 5.41 Å². The topological polar surface area (TPSA) is 71.5 Å². The van der Waals surface area contributed by atoms with Crippen LogP contribution in [0.15, 0.2) is 28.8 Å². The predicted molar refractivity (Wildman–Crippen MR) is 99.1 cm³/mol. The second kappa shape index (κ2) is 6.91. The van der Waals surface area contributed by atoms with E-state index in [1.807, 2.05) is 24.4 Å². The molecule has 0 radical (unpaired) electrons. The Morgan fingerprint density at radius 2 is 1.88 bits per heavy atom. The van der Waals surface area contributed by atoms with Crippen LogP contribution in [0.5, 0.6) is 0 Å². The smallest absolute Gasteiger partial charge is 0.331 e. The molecule has 1 saturated heterocycles. The number of aryl methyl sites for hydroxylation is 1. The molecule has 1 fully saturated rings. The fourth-order valence-electron chi connectivity index (χ4n) is 3.50. The number of aliphatic carboxylic acids is 1. The molecule has 2 aromatic heterocycles. The highest BCUT2D eigenvalue weighted by Crippen LogP contribution is 2.32. The van der Waals surface area contributed by atoms with Crippen LogP contribution in [0.4, 0.5) is 0 Å². The van der Waals surface area contributed by atoms with E-state index in [2.05, 4.69) is 37.7 Å². The number of piperidine rings is 1. The molecule has 0 saturated carbocycles. The van der Waals surface area contributed by atoms with Gasteiger partial charge in [0, 0.05) is 31.1 Å². The number of hydrogen-bond donors (Lipinski definition) is 1. The zero-order valence-electron chi connectivity index (χ0n) is 16.2. The lowest BCUT2D eigenvalue weighted by Gasteiger charge is -2.38. The first-order chi connectivity index (χ1) is 12.2. The standard InChI is InChI=1S/C20H29N3O3/c1-5-15-6-7-16(26-15)14-22-12-9-20(10-13-22,18(24)25)23-11-8-17(21-23)19(2,3)4/h6-8,11H,5,9-10,12-14H2,1-4H3,(H,24,25). The van der Waals surface area contributed by atoms with Crippen LogP contribution in [0.2, 0.25) is 0 Å². The second-order valence-electron chi connectivity index (χ2n) is 8.23. The van der Waals surface area contributed by atoms with Crippen molar-refractivity contribution in [2.75, 3.05) is 13.1 Å². The minimum absolute atomic E-state index is 0.0953. The van der Waals surface area contributed by atoms with Crippen LogP contribution in [-0.4, -0.2) is 38.8 Å². The number of furan rings is 1. The number of nitrogens with zero attached hydrogens (tertiary/aromatic N) is 3. The van der Waals surface area contributed by atoms with E-state index in [4.69, 9.17) is 4.42 Å². The number of carboxylic acids is 1. The van der Waals surface area contributed by atoms with E-state index in [9.17, 15) is 9.90 Å². The number of carboxylic acid groups (broad SMARTS) is 1. The van der Waals surface area contributed by atoms with Crippen molar-refractivity contribution < 1.29 is 14.3 Å². The number of hydrogen-bond acceptors (Lipinski definition) is 4. The van der Waals surface area contributed by atoms with E-state index >= 15 is 0 Å². The Labute approximate surface area is 154 Å². The minimum atomic E-state index is -0.961. The maximum absolute atomic E-state index is 12.1. The molecule has 0 aliphatic carbocycles. The van der Waals surface area contributed by atoms with Crippen LogP contribution < -0.4 is 0 Å². The Bertz CT molecular complexity index is 761. The van der Waals surface area contributed by atoms with Crippen molar-refractivity contribution in [1.29, 1.82) is 0 Å². The molecule has 26 heavy (non-hydrogen) atoms. The highest BCUT2D eigenvalue weighted by atomic mass is 16.4. The molecule has 0 amide bonds. The van der Waals surface area contributed by atoms with E-state index in [1.165, 1.54) is 0 Å². The van der Waals surface area contributed by atoms with Gasteiger partial charge in [0.05, 0.1) is 12.2 Å². The molecule has 1 N–H and O–H groups in total. The van der Waals surface area contributed by atoms with E-state index < -0.39 is 11.5 Å². The van der Waals surface area contributed by atoms with Gasteiger partial charge >= 0.3 is 5.97 Å². The maximum atomic E-state index is 12.1. The molecule has 3 heterocycles. The lowest BCUT2D eigenvalue weighted by atomic mass is 9.87. The second-order valence-corrected chi connectivity index (χ2v) is 8.23. The Kier molecular flexibility index (Phi) is 4.97. The van der Waals surface area contributed by atoms with Crippen molar-refractivity contribution in [1.82, 2.24) is 14.7 Å². The maximum Gasteiger partial charge on any atom is 0.331 e. The third kappa shape index (κ3) is 3.56. The van der Waals surface area contributed by atoms with Crippen molar-refractivity contribution in [3.8, 4) is 0 Å². The molecule has 1 aliphatic heterocycles. The summed E-state index contributed by atoms with van der Waals surface area (Å²) in [4.78, 5) is 14.4. The molecule has 0 bridgehead atoms. The van der Waals surface area contributed by atoms with Crippen LogP contribution in [0, 0.1) is 0 Å². The van der Waals surface area contributed by atoms with Crippen LogP contribution >= 0.6 is 0 Å². The van der Waals surface area contributed by atoms with Crippen LogP contribution in [0.3, 0.4) is 0 Å². The van der Waals surface area contributed by atoms with Gasteiger partial charge in [0.2, 0.25) is 0 Å². The van der Waals surface area contributed by atoms with E-state index in [0.717, 1.165) is 30.2 Å². The summed E-state index contributed by atoms with van der Waals surface area (Å²) in [6.07, 6.45) is 3.78. The molecule has 6 heteroatoms. The van der Waals surface area contributed by atoms with Gasteiger partial charge in [-0.3, -0.25) is 9.58 Å². The van der Waals surface area contributed by atoms with Crippen molar-refractivity contribution in [2.45, 2.75) is 64.5 Å². The predicted octanol–water partition coefficient (Wildman–Crippen LogP) is 3.41. The van der Waals surface area contributed by atoms with Gasteiger partial charge in [0.15, 0.2) is 5.54 Å². The zero-order chi connectivity index (χ0) is 18.9. The molecule has 0 aromatic carbocycles. The van der Waals surface area contributed by atoms with Crippen molar-refractivity contribution >= 4 is 5.97 Å². The van der Waals surface area contributed by atoms with E-state index in [1.54, 1.807) is 4.68 Å². The molecule has 0 unspecified atom stereocenters. The first-order valence-corrected chi connectivity index (χ1v) is 9.34. The Morgan fingerprint density at radius 1 is 1.23 bits per heavy atom. The van der Waals surface area contributed by atoms with Gasteiger partial charge in [-0.25, -0.2) is 4.79 Å². The van der Waals surface area contributed by atoms with Crippen molar-refractivity contribution in [2.24, 2.45) is 0 Å². The molecule has 0 atom stereocenters. The summed E-state index contributed by atoms with van der Waals surface area (Å²) in [5.74, 6) is 1.13. The highest BCUT2D eigenvalue weighted by molar-refractivity contribution is 5.76. The molecule has 6 nitrogen and oxygen atoms in total. The lowest BCUT2D eigenvalue weighted by molar-refractivity contribution is -0.151. The third-order valence-electron chi connectivity index (χ3n) is 5.32. The first kappa shape index (κ1) is 18.7. The average Bonchev–Trinajstić information content (AvgIpc) is 3.24. The summed E-state index contributed by atoms with van der Waals surface area (Å²) in [5.41, 5.74) is -0.136. The molecular formula is C20H29N3O3. The summed E-state index contributed by atoms with van der Waals surface area (Å²) in [6.45, 7) is 10.5. The quantitative estimate of drug-likeness (QED) is 0.886. The van der Waals surface area contributed by atoms with Crippen molar-refractivity contribution in [3.63, 3.8) is 0 Å². The van der Waals surface area contributed by atoms with Crippen LogP contribution in [-0.2, 0) is 28.7 Å². The SMILES string of the molecule is CCc1ccc(CN2CCC(C(=O)O)(n3ccc(C(C)(C)C)n3)CC2)o1. The van der Waals surface area contributed by atoms with Gasteiger partial charge in [0.1, 0.15) is 11.5 Å². The number of likely N-dealkylation sites (tertiary alicyclic amines) is 1. The van der Waals surface area contributed by atoms with Crippen LogP contribution in [0.25, 0.3) is 0 Å². The molecule has 1 aliphatic rings. The number of rotatable bonds is 5. The Hall–Kier alpha value is -2.08. The summed E-state index contributed by atoms with van der Waals surface area (Å²) >= 11 is 0. The Balaban J connectivity index is 1.72. The lowest BCUT2D eigenvalue weighted by Crippen LogP contribution is -2.51. The molecule has 142 valence electrons. The van der Waals surface area contributed by atoms with Gasteiger partial charge in [-0.05, 0) is 31.0 Å². The minimum Gasteiger partial charge on any atom is -0.479 e. The van der Waals surface area contributed by atoms with Gasteiger partial charge in [-0.2, -0.15) is 5.10 Å². The number of carbonyl (C=O) groups is 1. The fraction of sp³-hybridized carbons (Fsp3) is 0.600. The first-order valence-electron chi connectivity index (χ1n) is 9.34. The largest absolute Gasteiger partial charge is 0.479 e. The normalized spacial score (nSPS) is 18.2. The molecular weight excluding hydrogens is 330 g/mol. The average molecular weight is 359 g/mol. The van der Waals surface area contributed by atoms with Crippen LogP contribution in [0.1, 0.15) is 57.8 Å². The van der Waals surface area contributed by atoms with Gasteiger partial charge in [-0.1, -0.05) is 27.7 Å². The summed E-state index contributed by atoms with van der Waals surface area (Å²) in [6, 6.07) is 5.96. The third-order valence-corrected chi connectivity index (χ3v) is 5.32. The fourth-order valence-corrected chi connectivity index (χ4v) is 3.50.